The number of rotatable bonds is 4. The van der Waals surface area contributed by atoms with Gasteiger partial charge in [-0.25, -0.2) is 4.98 Å². The fraction of sp³-hybridized carbons (Fsp3) is 0.467. The van der Waals surface area contributed by atoms with E-state index in [4.69, 9.17) is 16.3 Å². The molecule has 0 fully saturated rings. The Kier molecular flexibility index (Phi) is 4.16. The maximum absolute atomic E-state index is 12.6. The second-order valence-electron chi connectivity index (χ2n) is 5.87. The molecule has 0 radical (unpaired) electrons. The Morgan fingerprint density at radius 2 is 2.20 bits per heavy atom. The Morgan fingerprint density at radius 1 is 1.45 bits per heavy atom. The minimum atomic E-state index is -0.995. The topological polar surface area (TPSA) is 44.1 Å². The number of aromatic nitrogens is 2. The summed E-state index contributed by atoms with van der Waals surface area (Å²) in [5.41, 5.74) is -0.531. The number of hydrogen-bond acceptors (Lipinski definition) is 3. The van der Waals surface area contributed by atoms with Gasteiger partial charge < -0.3 is 9.30 Å². The Morgan fingerprint density at radius 3 is 2.70 bits per heavy atom. The molecule has 2 unspecified atom stereocenters. The maximum atomic E-state index is 12.6. The van der Waals surface area contributed by atoms with Gasteiger partial charge in [-0.05, 0) is 6.08 Å². The number of carbonyl (C=O) groups is 1. The highest BCUT2D eigenvalue weighted by molar-refractivity contribution is 6.24. The zero-order chi connectivity index (χ0) is 14.8. The van der Waals surface area contributed by atoms with Gasteiger partial charge in [0.1, 0.15) is 0 Å². The average Bonchev–Trinajstić information content (AvgIpc) is 2.88. The summed E-state index contributed by atoms with van der Waals surface area (Å²) in [7, 11) is 0. The highest BCUT2D eigenvalue weighted by Crippen LogP contribution is 2.34. The van der Waals surface area contributed by atoms with E-state index in [9.17, 15) is 4.79 Å². The lowest BCUT2D eigenvalue weighted by atomic mass is 9.89. The summed E-state index contributed by atoms with van der Waals surface area (Å²) in [4.78, 5) is 16.6. The van der Waals surface area contributed by atoms with Crippen LogP contribution in [0.2, 0.25) is 0 Å². The van der Waals surface area contributed by atoms with E-state index in [1.165, 1.54) is 0 Å². The van der Waals surface area contributed by atoms with Crippen molar-refractivity contribution in [3.8, 4) is 0 Å². The molecule has 0 bridgehead atoms. The fourth-order valence-electron chi connectivity index (χ4n) is 1.88. The van der Waals surface area contributed by atoms with Gasteiger partial charge >= 0.3 is 0 Å². The third-order valence-electron chi connectivity index (χ3n) is 3.06. The van der Waals surface area contributed by atoms with Crippen LogP contribution in [0.15, 0.2) is 43.0 Å². The van der Waals surface area contributed by atoms with Crippen LogP contribution in [0.5, 0.6) is 0 Å². The summed E-state index contributed by atoms with van der Waals surface area (Å²) >= 11 is 6.43. The minimum absolute atomic E-state index is 0.0431. The molecule has 1 aliphatic rings. The summed E-state index contributed by atoms with van der Waals surface area (Å²) in [5.74, 6) is -0.0431. The monoisotopic (exact) mass is 294 g/mol. The molecule has 5 heteroatoms. The molecule has 2 atom stereocenters. The van der Waals surface area contributed by atoms with E-state index < -0.39 is 16.7 Å². The number of allylic oxidation sites excluding steroid dienone is 2. The first-order chi connectivity index (χ1) is 9.32. The number of Topliss-reactive ketones (excluding diaryl/α,β-unsaturated/α-hetero) is 1. The van der Waals surface area contributed by atoms with Crippen LogP contribution in [0, 0.1) is 5.41 Å². The van der Waals surface area contributed by atoms with Crippen molar-refractivity contribution in [1.82, 2.24) is 9.55 Å². The lowest BCUT2D eigenvalue weighted by molar-refractivity contribution is -0.151. The summed E-state index contributed by atoms with van der Waals surface area (Å²) in [6.07, 6.45) is 12.0. The Balaban J connectivity index is 2.27. The minimum Gasteiger partial charge on any atom is -0.325 e. The van der Waals surface area contributed by atoms with Crippen LogP contribution in [-0.4, -0.2) is 20.4 Å². The van der Waals surface area contributed by atoms with Crippen molar-refractivity contribution in [3.63, 3.8) is 0 Å². The number of hydrogen-bond donors (Lipinski definition) is 0. The molecule has 1 heterocycles. The van der Waals surface area contributed by atoms with Gasteiger partial charge in [0.2, 0.25) is 0 Å². The van der Waals surface area contributed by atoms with E-state index in [0.29, 0.717) is 6.42 Å². The smallest absolute Gasteiger partial charge is 0.197 e. The number of nitrogens with zero attached hydrogens (tertiary/aromatic N) is 2. The van der Waals surface area contributed by atoms with Crippen LogP contribution in [0.4, 0.5) is 0 Å². The third-order valence-corrected chi connectivity index (χ3v) is 3.42. The molecule has 0 aromatic carbocycles. The number of ketones is 1. The molecule has 108 valence electrons. The summed E-state index contributed by atoms with van der Waals surface area (Å²) in [6, 6.07) is 0. The molecule has 0 spiro atoms. The van der Waals surface area contributed by atoms with E-state index in [1.807, 2.05) is 39.0 Å². The molecule has 0 aliphatic heterocycles. The van der Waals surface area contributed by atoms with Crippen molar-refractivity contribution in [1.29, 1.82) is 0 Å². The van der Waals surface area contributed by atoms with Crippen LogP contribution in [0.1, 0.15) is 33.4 Å². The highest BCUT2D eigenvalue weighted by atomic mass is 35.5. The molecule has 0 saturated carbocycles. The van der Waals surface area contributed by atoms with Crippen molar-refractivity contribution in [2.24, 2.45) is 5.41 Å². The molecule has 4 nitrogen and oxygen atoms in total. The van der Waals surface area contributed by atoms with E-state index in [2.05, 4.69) is 4.98 Å². The van der Waals surface area contributed by atoms with E-state index in [-0.39, 0.29) is 5.78 Å². The quantitative estimate of drug-likeness (QED) is 0.799. The summed E-state index contributed by atoms with van der Waals surface area (Å²) in [6.45, 7) is 5.58. The zero-order valence-corrected chi connectivity index (χ0v) is 12.7. The SMILES string of the molecule is CC(C)(C)C(=O)C(OC1(Cl)C=CC=CC1)n1ccnc1. The summed E-state index contributed by atoms with van der Waals surface area (Å²) < 4.78 is 7.56. The fourth-order valence-corrected chi connectivity index (χ4v) is 2.12. The Hall–Kier alpha value is -1.39. The van der Waals surface area contributed by atoms with Gasteiger partial charge in [0.15, 0.2) is 17.1 Å². The van der Waals surface area contributed by atoms with Crippen molar-refractivity contribution in [2.45, 2.75) is 38.5 Å². The first-order valence-electron chi connectivity index (χ1n) is 6.55. The van der Waals surface area contributed by atoms with E-state index >= 15 is 0 Å². The highest BCUT2D eigenvalue weighted by Gasteiger charge is 2.37. The van der Waals surface area contributed by atoms with Gasteiger partial charge in [-0.15, -0.1) is 0 Å². The van der Waals surface area contributed by atoms with Crippen LogP contribution in [0.3, 0.4) is 0 Å². The van der Waals surface area contributed by atoms with Gasteiger partial charge in [0, 0.05) is 24.2 Å². The predicted molar refractivity (Wildman–Crippen MR) is 78.3 cm³/mol. The molecule has 0 amide bonds. The van der Waals surface area contributed by atoms with Crippen LogP contribution < -0.4 is 0 Å². The molecule has 0 N–H and O–H groups in total. The molecular weight excluding hydrogens is 276 g/mol. The molecule has 0 saturated heterocycles. The predicted octanol–water partition coefficient (Wildman–Crippen LogP) is 3.46. The lowest BCUT2D eigenvalue weighted by Gasteiger charge is -2.32. The normalized spacial score (nSPS) is 23.8. The molecular formula is C15H19ClN2O2. The van der Waals surface area contributed by atoms with Gasteiger partial charge in [0.05, 0.1) is 6.33 Å². The number of alkyl halides is 1. The van der Waals surface area contributed by atoms with Gasteiger partial charge in [-0.1, -0.05) is 50.6 Å². The first kappa shape index (κ1) is 15.0. The second-order valence-corrected chi connectivity index (χ2v) is 6.51. The maximum Gasteiger partial charge on any atom is 0.197 e. The third kappa shape index (κ3) is 3.38. The molecule has 20 heavy (non-hydrogen) atoms. The number of carbonyl (C=O) groups excluding carboxylic acids is 1. The van der Waals surface area contributed by atoms with Gasteiger partial charge in [-0.3, -0.25) is 4.79 Å². The van der Waals surface area contributed by atoms with Gasteiger partial charge in [0.25, 0.3) is 0 Å². The van der Waals surface area contributed by atoms with Crippen LogP contribution >= 0.6 is 11.6 Å². The molecule has 1 aromatic rings. The van der Waals surface area contributed by atoms with Gasteiger partial charge in [-0.2, -0.15) is 0 Å². The molecule has 1 aromatic heterocycles. The number of halogens is 1. The standard InChI is InChI=1S/C15H19ClN2O2/c1-14(2,3)12(19)13(18-10-9-17-11-18)20-15(16)7-5-4-6-8-15/h4-7,9-11,13H,8H2,1-3H3. The van der Waals surface area contributed by atoms with E-state index in [1.54, 1.807) is 29.4 Å². The number of imidazole rings is 1. The second kappa shape index (κ2) is 5.54. The average molecular weight is 295 g/mol. The number of ether oxygens (including phenoxy) is 1. The van der Waals surface area contributed by atoms with Crippen LogP contribution in [0.25, 0.3) is 0 Å². The Labute approximate surface area is 124 Å². The Bertz CT molecular complexity index is 529. The van der Waals surface area contributed by atoms with E-state index in [0.717, 1.165) is 0 Å². The van der Waals surface area contributed by atoms with Crippen molar-refractivity contribution in [3.05, 3.63) is 43.0 Å². The molecule has 2 rings (SSSR count). The summed E-state index contributed by atoms with van der Waals surface area (Å²) in [5, 5.41) is -0.995. The zero-order valence-electron chi connectivity index (χ0n) is 11.9. The van der Waals surface area contributed by atoms with Crippen molar-refractivity contribution in [2.75, 3.05) is 0 Å². The first-order valence-corrected chi connectivity index (χ1v) is 6.92. The lowest BCUT2D eigenvalue weighted by Crippen LogP contribution is -2.37. The van der Waals surface area contributed by atoms with Crippen molar-refractivity contribution >= 4 is 17.4 Å². The van der Waals surface area contributed by atoms with Crippen molar-refractivity contribution < 1.29 is 9.53 Å². The molecule has 1 aliphatic carbocycles. The largest absolute Gasteiger partial charge is 0.325 e. The van der Waals surface area contributed by atoms with Crippen LogP contribution in [-0.2, 0) is 9.53 Å².